The van der Waals surface area contributed by atoms with Crippen LogP contribution in [0.5, 0.6) is 5.75 Å². The molecule has 1 saturated carbocycles. The number of Topliss-reactive ketones (excluding diaryl/α,β-unsaturated/α-hetero) is 1. The standard InChI is InChI=1S/C35H35NO3/c1-39-31-20-12-11-19-28(31)35(38)22-21-34(26-15-7-3-8-16-26,27-17-9-4-10-18-27)32-29(35)24-36-33(32)30(37)23-25-13-5-2-6-14-25/h2-20,29,32-33,36,38H,21-24H2,1H3/t29-,32-,33?,35?/m1/s1. The van der Waals surface area contributed by atoms with E-state index in [4.69, 9.17) is 4.74 Å². The molecule has 39 heavy (non-hydrogen) atoms. The van der Waals surface area contributed by atoms with Crippen LogP contribution in [-0.2, 0) is 22.2 Å². The molecule has 4 atom stereocenters. The van der Waals surface area contributed by atoms with Gasteiger partial charge in [-0.15, -0.1) is 0 Å². The van der Waals surface area contributed by atoms with Crippen molar-refractivity contribution in [3.63, 3.8) is 0 Å². The maximum absolute atomic E-state index is 14.1. The van der Waals surface area contributed by atoms with Gasteiger partial charge in [0.15, 0.2) is 5.78 Å². The summed E-state index contributed by atoms with van der Waals surface area (Å²) in [4.78, 5) is 14.1. The van der Waals surface area contributed by atoms with Crippen molar-refractivity contribution in [2.45, 2.75) is 36.3 Å². The molecule has 2 N–H and O–H groups in total. The van der Waals surface area contributed by atoms with E-state index in [1.54, 1.807) is 7.11 Å². The summed E-state index contributed by atoms with van der Waals surface area (Å²) in [5.74, 6) is 0.480. The van der Waals surface area contributed by atoms with Crippen molar-refractivity contribution in [2.75, 3.05) is 13.7 Å². The molecule has 0 amide bonds. The lowest BCUT2D eigenvalue weighted by molar-refractivity contribution is -0.125. The number of rotatable bonds is 7. The fourth-order valence-corrected chi connectivity index (χ4v) is 7.44. The van der Waals surface area contributed by atoms with Crippen LogP contribution in [-0.4, -0.2) is 30.6 Å². The van der Waals surface area contributed by atoms with E-state index in [2.05, 4.69) is 53.8 Å². The molecule has 1 heterocycles. The summed E-state index contributed by atoms with van der Waals surface area (Å²) in [5, 5.41) is 16.2. The highest BCUT2D eigenvalue weighted by Crippen LogP contribution is 2.60. The molecule has 0 aromatic heterocycles. The summed E-state index contributed by atoms with van der Waals surface area (Å²) in [6.07, 6.45) is 1.61. The molecule has 0 radical (unpaired) electrons. The third-order valence-corrected chi connectivity index (χ3v) is 9.15. The molecule has 198 valence electrons. The summed E-state index contributed by atoms with van der Waals surface area (Å²) in [6.45, 7) is 0.547. The largest absolute Gasteiger partial charge is 0.496 e. The molecule has 1 aliphatic carbocycles. The van der Waals surface area contributed by atoms with Crippen molar-refractivity contribution in [3.05, 3.63) is 138 Å². The van der Waals surface area contributed by atoms with Gasteiger partial charge in [0.2, 0.25) is 0 Å². The highest BCUT2D eigenvalue weighted by Gasteiger charge is 2.63. The van der Waals surface area contributed by atoms with Gasteiger partial charge in [-0.05, 0) is 35.6 Å². The molecular formula is C35H35NO3. The Kier molecular flexibility index (Phi) is 6.84. The van der Waals surface area contributed by atoms with Crippen molar-refractivity contribution in [1.82, 2.24) is 5.32 Å². The van der Waals surface area contributed by atoms with Gasteiger partial charge in [0.1, 0.15) is 5.75 Å². The van der Waals surface area contributed by atoms with E-state index in [0.717, 1.165) is 11.1 Å². The maximum atomic E-state index is 14.1. The Morgan fingerprint density at radius 3 is 2.00 bits per heavy atom. The fourth-order valence-electron chi connectivity index (χ4n) is 7.44. The highest BCUT2D eigenvalue weighted by atomic mass is 16.5. The van der Waals surface area contributed by atoms with E-state index in [-0.39, 0.29) is 17.6 Å². The first-order chi connectivity index (χ1) is 19.1. The lowest BCUT2D eigenvalue weighted by Gasteiger charge is -2.54. The van der Waals surface area contributed by atoms with Gasteiger partial charge in [-0.1, -0.05) is 109 Å². The van der Waals surface area contributed by atoms with Crippen LogP contribution in [0.4, 0.5) is 0 Å². The Morgan fingerprint density at radius 1 is 0.821 bits per heavy atom. The number of para-hydroxylation sites is 1. The summed E-state index contributed by atoms with van der Waals surface area (Å²) in [5.41, 5.74) is 2.61. The van der Waals surface area contributed by atoms with Gasteiger partial charge in [0.25, 0.3) is 0 Å². The Balaban J connectivity index is 1.53. The van der Waals surface area contributed by atoms with E-state index in [1.807, 2.05) is 66.7 Å². The second-order valence-electron chi connectivity index (χ2n) is 11.0. The number of nitrogens with one attached hydrogen (secondary N) is 1. The van der Waals surface area contributed by atoms with Crippen LogP contribution in [0.2, 0.25) is 0 Å². The predicted octanol–water partition coefficient (Wildman–Crippen LogP) is 5.68. The van der Waals surface area contributed by atoms with Crippen molar-refractivity contribution < 1.29 is 14.6 Å². The molecule has 2 aliphatic rings. The molecule has 1 saturated heterocycles. The number of ketones is 1. The Morgan fingerprint density at radius 2 is 1.38 bits per heavy atom. The van der Waals surface area contributed by atoms with Crippen LogP contribution in [0.3, 0.4) is 0 Å². The van der Waals surface area contributed by atoms with Crippen LogP contribution in [0, 0.1) is 11.8 Å². The number of carbonyl (C=O) groups is 1. The minimum absolute atomic E-state index is 0.161. The first-order valence-electron chi connectivity index (χ1n) is 13.8. The van der Waals surface area contributed by atoms with E-state index in [9.17, 15) is 9.90 Å². The van der Waals surface area contributed by atoms with Crippen LogP contribution in [0.15, 0.2) is 115 Å². The number of fused-ring (bicyclic) bond motifs is 1. The average molecular weight is 518 g/mol. The molecule has 0 spiro atoms. The van der Waals surface area contributed by atoms with Gasteiger partial charge in [0, 0.05) is 35.8 Å². The number of hydrogen-bond acceptors (Lipinski definition) is 4. The van der Waals surface area contributed by atoms with Gasteiger partial charge < -0.3 is 15.2 Å². The molecule has 2 unspecified atom stereocenters. The molecular weight excluding hydrogens is 482 g/mol. The van der Waals surface area contributed by atoms with E-state index in [0.29, 0.717) is 31.6 Å². The third-order valence-electron chi connectivity index (χ3n) is 9.15. The number of hydrogen-bond donors (Lipinski definition) is 2. The van der Waals surface area contributed by atoms with Crippen molar-refractivity contribution in [3.8, 4) is 5.75 Å². The summed E-state index contributed by atoms with van der Waals surface area (Å²) >= 11 is 0. The molecule has 1 aliphatic heterocycles. The summed E-state index contributed by atoms with van der Waals surface area (Å²) in [6, 6.07) is 38.5. The zero-order chi connectivity index (χ0) is 26.9. The smallest absolute Gasteiger partial charge is 0.154 e. The average Bonchev–Trinajstić information content (AvgIpc) is 3.46. The third kappa shape index (κ3) is 4.28. The Hall–Kier alpha value is -3.73. The zero-order valence-electron chi connectivity index (χ0n) is 22.3. The fraction of sp³-hybridized carbons (Fsp3) is 0.286. The van der Waals surface area contributed by atoms with Crippen LogP contribution < -0.4 is 10.1 Å². The second kappa shape index (κ2) is 10.4. The van der Waals surface area contributed by atoms with Crippen molar-refractivity contribution >= 4 is 5.78 Å². The van der Waals surface area contributed by atoms with Gasteiger partial charge in [-0.3, -0.25) is 4.79 Å². The second-order valence-corrected chi connectivity index (χ2v) is 11.0. The Labute approximate surface area is 230 Å². The number of ether oxygens (including phenoxy) is 1. The molecule has 4 heteroatoms. The maximum Gasteiger partial charge on any atom is 0.154 e. The van der Waals surface area contributed by atoms with E-state index < -0.39 is 17.1 Å². The quantitative estimate of drug-likeness (QED) is 0.331. The summed E-state index contributed by atoms with van der Waals surface area (Å²) in [7, 11) is 1.65. The SMILES string of the molecule is COc1ccccc1C1(O)CCC(c2ccccc2)(c2ccccc2)[C@H]2C(C(=O)Cc3ccccc3)NC[C@H]21. The topological polar surface area (TPSA) is 58.6 Å². The monoisotopic (exact) mass is 517 g/mol. The molecule has 4 aromatic carbocycles. The zero-order valence-corrected chi connectivity index (χ0v) is 22.3. The minimum Gasteiger partial charge on any atom is -0.496 e. The minimum atomic E-state index is -1.14. The van der Waals surface area contributed by atoms with Crippen LogP contribution in [0.25, 0.3) is 0 Å². The van der Waals surface area contributed by atoms with E-state index >= 15 is 0 Å². The lowest BCUT2D eigenvalue weighted by atomic mass is 9.50. The number of aliphatic hydroxyl groups is 1. The molecule has 4 nitrogen and oxygen atoms in total. The number of carbonyl (C=O) groups excluding carboxylic acids is 1. The van der Waals surface area contributed by atoms with Gasteiger partial charge in [-0.25, -0.2) is 0 Å². The van der Waals surface area contributed by atoms with Crippen molar-refractivity contribution in [2.24, 2.45) is 11.8 Å². The van der Waals surface area contributed by atoms with Crippen LogP contribution >= 0.6 is 0 Å². The molecule has 4 aromatic rings. The predicted molar refractivity (Wildman–Crippen MR) is 154 cm³/mol. The molecule has 6 rings (SSSR count). The summed E-state index contributed by atoms with van der Waals surface area (Å²) < 4.78 is 5.74. The number of benzene rings is 4. The first-order valence-corrected chi connectivity index (χ1v) is 13.8. The number of methoxy groups -OCH3 is 1. The molecule has 2 fully saturated rings. The van der Waals surface area contributed by atoms with Crippen LogP contribution in [0.1, 0.15) is 35.1 Å². The van der Waals surface area contributed by atoms with Crippen molar-refractivity contribution in [1.29, 1.82) is 0 Å². The molecule has 0 bridgehead atoms. The van der Waals surface area contributed by atoms with Gasteiger partial charge in [0.05, 0.1) is 18.8 Å². The first kappa shape index (κ1) is 25.5. The Bertz CT molecular complexity index is 1380. The highest BCUT2D eigenvalue weighted by molar-refractivity contribution is 5.87. The van der Waals surface area contributed by atoms with Gasteiger partial charge >= 0.3 is 0 Å². The normalized spacial score (nSPS) is 25.5. The van der Waals surface area contributed by atoms with E-state index in [1.165, 1.54) is 11.1 Å². The van der Waals surface area contributed by atoms with Gasteiger partial charge in [-0.2, -0.15) is 0 Å². The lowest BCUT2D eigenvalue weighted by Crippen LogP contribution is -2.56.